The number of non-ortho nitro benzene ring substituents is 1. The van der Waals surface area contributed by atoms with Crippen molar-refractivity contribution in [3.8, 4) is 5.75 Å². The molecule has 0 aliphatic heterocycles. The van der Waals surface area contributed by atoms with Crippen molar-refractivity contribution >= 4 is 11.6 Å². The normalized spacial score (nSPS) is 12.7. The zero-order valence-electron chi connectivity index (χ0n) is 18.3. The molecule has 0 aliphatic rings. The van der Waals surface area contributed by atoms with E-state index in [4.69, 9.17) is 10.5 Å². The number of nitrogens with two attached hydrogens (primary N) is 1. The summed E-state index contributed by atoms with van der Waals surface area (Å²) in [6.45, 7) is 0.749. The Morgan fingerprint density at radius 3 is 2.48 bits per heavy atom. The van der Waals surface area contributed by atoms with E-state index in [1.807, 2.05) is 54.6 Å². The van der Waals surface area contributed by atoms with Crippen LogP contribution in [0, 0.1) is 10.1 Å². The highest BCUT2D eigenvalue weighted by Crippen LogP contribution is 2.30. The number of ether oxygens (including phenoxy) is 1. The van der Waals surface area contributed by atoms with Gasteiger partial charge in [0.2, 0.25) is 5.91 Å². The molecule has 0 aromatic heterocycles. The van der Waals surface area contributed by atoms with Crippen LogP contribution in [-0.2, 0) is 13.0 Å². The molecule has 0 unspecified atom stereocenters. The number of amides is 1. The van der Waals surface area contributed by atoms with Gasteiger partial charge in [-0.1, -0.05) is 48.5 Å². The smallest absolute Gasteiger partial charge is 0.270 e. The summed E-state index contributed by atoms with van der Waals surface area (Å²) < 4.78 is 5.24. The number of primary amides is 1. The van der Waals surface area contributed by atoms with Crippen LogP contribution in [0.3, 0.4) is 0 Å². The van der Waals surface area contributed by atoms with Gasteiger partial charge < -0.3 is 20.9 Å². The SMILES string of the molecule is COc1cccc(CNC[C@H](O)[C@@H](Cc2ccccc2)c2ccc([N+](=O)[O-])cc2C(N)=O)c1. The molecule has 8 heteroatoms. The molecule has 0 aliphatic carbocycles. The largest absolute Gasteiger partial charge is 0.497 e. The van der Waals surface area contributed by atoms with Gasteiger partial charge in [-0.25, -0.2) is 0 Å². The number of methoxy groups -OCH3 is 1. The number of aliphatic hydroxyl groups excluding tert-OH is 1. The Morgan fingerprint density at radius 1 is 1.09 bits per heavy atom. The van der Waals surface area contributed by atoms with Crippen molar-refractivity contribution in [2.75, 3.05) is 13.7 Å². The summed E-state index contributed by atoms with van der Waals surface area (Å²) in [5.74, 6) is -0.536. The molecule has 8 nitrogen and oxygen atoms in total. The molecule has 3 aromatic carbocycles. The van der Waals surface area contributed by atoms with E-state index in [0.29, 0.717) is 18.5 Å². The van der Waals surface area contributed by atoms with Gasteiger partial charge >= 0.3 is 0 Å². The molecule has 4 N–H and O–H groups in total. The molecular weight excluding hydrogens is 422 g/mol. The van der Waals surface area contributed by atoms with E-state index in [2.05, 4.69) is 5.32 Å². The molecule has 172 valence electrons. The maximum absolute atomic E-state index is 12.1. The minimum atomic E-state index is -0.879. The van der Waals surface area contributed by atoms with Gasteiger partial charge in [0, 0.05) is 36.7 Å². The number of hydrogen-bond donors (Lipinski definition) is 3. The third kappa shape index (κ3) is 6.38. The molecular formula is C25H27N3O5. The first-order valence-electron chi connectivity index (χ1n) is 10.5. The Balaban J connectivity index is 1.84. The number of benzene rings is 3. The number of nitro groups is 1. The van der Waals surface area contributed by atoms with Crippen molar-refractivity contribution in [1.82, 2.24) is 5.32 Å². The van der Waals surface area contributed by atoms with Crippen LogP contribution in [0.2, 0.25) is 0 Å². The summed E-state index contributed by atoms with van der Waals surface area (Å²) in [6, 6.07) is 21.2. The van der Waals surface area contributed by atoms with Gasteiger partial charge in [0.1, 0.15) is 5.75 Å². The van der Waals surface area contributed by atoms with Crippen molar-refractivity contribution < 1.29 is 19.6 Å². The number of hydrogen-bond acceptors (Lipinski definition) is 6. The Morgan fingerprint density at radius 2 is 1.82 bits per heavy atom. The molecule has 0 fully saturated rings. The summed E-state index contributed by atoms with van der Waals surface area (Å²) >= 11 is 0. The maximum atomic E-state index is 12.1. The van der Waals surface area contributed by atoms with Crippen LogP contribution in [0.15, 0.2) is 72.8 Å². The second-order valence-electron chi connectivity index (χ2n) is 7.74. The predicted molar refractivity (Wildman–Crippen MR) is 125 cm³/mol. The molecule has 0 heterocycles. The Hall–Kier alpha value is -3.75. The highest BCUT2D eigenvalue weighted by molar-refractivity contribution is 5.95. The lowest BCUT2D eigenvalue weighted by molar-refractivity contribution is -0.384. The predicted octanol–water partition coefficient (Wildman–Crippen LogP) is 3.18. The first-order chi connectivity index (χ1) is 15.9. The van der Waals surface area contributed by atoms with Crippen LogP contribution >= 0.6 is 0 Å². The topological polar surface area (TPSA) is 128 Å². The molecule has 1 amide bonds. The number of nitrogens with one attached hydrogen (secondary N) is 1. The average molecular weight is 450 g/mol. The number of aliphatic hydroxyl groups is 1. The number of rotatable bonds is 11. The quantitative estimate of drug-likeness (QED) is 0.305. The van der Waals surface area contributed by atoms with E-state index in [9.17, 15) is 20.0 Å². The molecule has 0 spiro atoms. The fourth-order valence-corrected chi connectivity index (χ4v) is 3.80. The lowest BCUT2D eigenvalue weighted by Crippen LogP contribution is -2.33. The summed E-state index contributed by atoms with van der Waals surface area (Å²) in [7, 11) is 1.60. The minimum Gasteiger partial charge on any atom is -0.497 e. The third-order valence-electron chi connectivity index (χ3n) is 5.49. The van der Waals surface area contributed by atoms with Crippen LogP contribution in [0.1, 0.15) is 33.0 Å². The Bertz CT molecular complexity index is 1100. The van der Waals surface area contributed by atoms with Crippen molar-refractivity contribution in [2.24, 2.45) is 5.73 Å². The first-order valence-corrected chi connectivity index (χ1v) is 10.5. The molecule has 3 rings (SSSR count). The fraction of sp³-hybridized carbons (Fsp3) is 0.240. The van der Waals surface area contributed by atoms with E-state index in [1.165, 1.54) is 18.2 Å². The number of carbonyl (C=O) groups is 1. The molecule has 33 heavy (non-hydrogen) atoms. The second-order valence-corrected chi connectivity index (χ2v) is 7.74. The first kappa shape index (κ1) is 23.9. The van der Waals surface area contributed by atoms with Gasteiger partial charge in [0.15, 0.2) is 0 Å². The van der Waals surface area contributed by atoms with Crippen molar-refractivity contribution in [3.05, 3.63) is 105 Å². The summed E-state index contributed by atoms with van der Waals surface area (Å²) in [4.78, 5) is 22.7. The van der Waals surface area contributed by atoms with E-state index >= 15 is 0 Å². The van der Waals surface area contributed by atoms with E-state index in [-0.39, 0.29) is 17.8 Å². The van der Waals surface area contributed by atoms with Gasteiger partial charge in [-0.05, 0) is 35.2 Å². The number of nitro benzene ring substituents is 1. The Labute approximate surface area is 192 Å². The molecule has 2 atom stereocenters. The molecule has 3 aromatic rings. The van der Waals surface area contributed by atoms with Gasteiger partial charge in [-0.3, -0.25) is 14.9 Å². The van der Waals surface area contributed by atoms with E-state index in [1.54, 1.807) is 7.11 Å². The van der Waals surface area contributed by atoms with Crippen molar-refractivity contribution in [2.45, 2.75) is 25.0 Å². The van der Waals surface area contributed by atoms with Gasteiger partial charge in [-0.2, -0.15) is 0 Å². The van der Waals surface area contributed by atoms with Crippen molar-refractivity contribution in [3.63, 3.8) is 0 Å². The van der Waals surface area contributed by atoms with Crippen molar-refractivity contribution in [1.29, 1.82) is 0 Å². The number of nitrogens with zero attached hydrogens (tertiary/aromatic N) is 1. The highest BCUT2D eigenvalue weighted by Gasteiger charge is 2.27. The van der Waals surface area contributed by atoms with Crippen LogP contribution in [-0.4, -0.2) is 35.7 Å². The summed E-state index contributed by atoms with van der Waals surface area (Å²) in [5, 5.41) is 25.5. The zero-order valence-corrected chi connectivity index (χ0v) is 18.3. The number of carbonyl (C=O) groups excluding carboxylic acids is 1. The van der Waals surface area contributed by atoms with Gasteiger partial charge in [-0.15, -0.1) is 0 Å². The summed E-state index contributed by atoms with van der Waals surface area (Å²) in [5.41, 5.74) is 7.80. The second kappa shape index (κ2) is 11.2. The Kier molecular flexibility index (Phi) is 8.12. The summed E-state index contributed by atoms with van der Waals surface area (Å²) in [6.07, 6.45) is -0.448. The standard InChI is InChI=1S/C25H27N3O5/c1-33-20-9-5-8-18(12-20)15-27-16-24(29)22(13-17-6-3-2-4-7-17)21-11-10-19(28(31)32)14-23(21)25(26)30/h2-12,14,22,24,27,29H,13,15-16H2,1H3,(H2,26,30)/t22-,24-/m0/s1. The highest BCUT2D eigenvalue weighted by atomic mass is 16.6. The molecule has 0 saturated heterocycles. The minimum absolute atomic E-state index is 0.0389. The molecule has 0 saturated carbocycles. The average Bonchev–Trinajstić information content (AvgIpc) is 2.82. The molecule has 0 radical (unpaired) electrons. The third-order valence-corrected chi connectivity index (χ3v) is 5.49. The molecule has 0 bridgehead atoms. The lowest BCUT2D eigenvalue weighted by Gasteiger charge is -2.25. The van der Waals surface area contributed by atoms with Crippen LogP contribution in [0.5, 0.6) is 5.75 Å². The van der Waals surface area contributed by atoms with Gasteiger partial charge in [0.25, 0.3) is 5.69 Å². The van der Waals surface area contributed by atoms with Gasteiger partial charge in [0.05, 0.1) is 18.1 Å². The maximum Gasteiger partial charge on any atom is 0.270 e. The van der Waals surface area contributed by atoms with Crippen LogP contribution in [0.25, 0.3) is 0 Å². The lowest BCUT2D eigenvalue weighted by atomic mass is 9.84. The fourth-order valence-electron chi connectivity index (χ4n) is 3.80. The monoisotopic (exact) mass is 449 g/mol. The van der Waals surface area contributed by atoms with Crippen LogP contribution < -0.4 is 15.8 Å². The van der Waals surface area contributed by atoms with E-state index in [0.717, 1.165) is 16.9 Å². The zero-order chi connectivity index (χ0) is 23.8. The van der Waals surface area contributed by atoms with E-state index < -0.39 is 22.9 Å². The van der Waals surface area contributed by atoms with Crippen LogP contribution in [0.4, 0.5) is 5.69 Å².